The third-order valence-corrected chi connectivity index (χ3v) is 16.2. The zero-order chi connectivity index (χ0) is 70.0. The summed E-state index contributed by atoms with van der Waals surface area (Å²) in [5.41, 5.74) is 0. The zero-order valence-electron chi connectivity index (χ0n) is 56.8. The van der Waals surface area contributed by atoms with Crippen LogP contribution in [0.25, 0.3) is 0 Å². The lowest BCUT2D eigenvalue weighted by molar-refractivity contribution is -0.282. The van der Waals surface area contributed by atoms with Crippen molar-refractivity contribution >= 4 is 41.4 Å². The fourth-order valence-corrected chi connectivity index (χ4v) is 10.5. The van der Waals surface area contributed by atoms with E-state index in [1.807, 2.05) is 0 Å². The predicted octanol–water partition coefficient (Wildman–Crippen LogP) is -0.587. The van der Waals surface area contributed by atoms with Crippen LogP contribution in [0.15, 0.2) is 0 Å². The molecule has 0 aromatic rings. The molecule has 94 heavy (non-hydrogen) atoms. The van der Waals surface area contributed by atoms with Crippen LogP contribution in [0.3, 0.4) is 0 Å². The van der Waals surface area contributed by atoms with Crippen LogP contribution in [0.1, 0.15) is 183 Å². The minimum atomic E-state index is -1.44. The first-order chi connectivity index (χ1) is 44.9. The molecule has 0 saturated carbocycles. The van der Waals surface area contributed by atoms with Crippen molar-refractivity contribution < 1.29 is 113 Å². The van der Waals surface area contributed by atoms with Crippen LogP contribution >= 0.6 is 0 Å². The molecule has 0 aromatic heterocycles. The Labute approximate surface area is 555 Å². The van der Waals surface area contributed by atoms with Gasteiger partial charge in [-0.2, -0.15) is 0 Å². The Hall–Kier alpha value is -4.35. The van der Waals surface area contributed by atoms with Crippen molar-refractivity contribution in [3.8, 4) is 0 Å². The van der Waals surface area contributed by atoms with Crippen molar-refractivity contribution in [2.45, 2.75) is 275 Å². The molecule has 30 nitrogen and oxygen atoms in total. The number of unbranched alkanes of at least 4 members (excludes halogenated alkanes) is 10. The highest BCUT2D eigenvalue weighted by molar-refractivity contribution is 5.92. The summed E-state index contributed by atoms with van der Waals surface area (Å²) >= 11 is 0. The van der Waals surface area contributed by atoms with Crippen molar-refractivity contribution in [1.82, 2.24) is 37.2 Å². The fraction of sp³-hybridized carbons (Fsp3) is 0.891. The van der Waals surface area contributed by atoms with E-state index in [2.05, 4.69) is 58.0 Å². The molecule has 8 unspecified atom stereocenters. The van der Waals surface area contributed by atoms with Crippen LogP contribution in [0, 0.1) is 17.8 Å². The highest BCUT2D eigenvalue weighted by Crippen LogP contribution is 2.29. The topological polar surface area (TPSA) is 450 Å². The molecule has 3 saturated heterocycles. The van der Waals surface area contributed by atoms with Gasteiger partial charge in [-0.1, -0.05) is 60.3 Å². The molecule has 17 atom stereocenters. The molecular weight excluding hydrogens is 1230 g/mol. The molecule has 16 N–H and O–H groups in total. The molecule has 3 fully saturated rings. The lowest BCUT2D eigenvalue weighted by atomic mass is 9.92. The van der Waals surface area contributed by atoms with Crippen molar-refractivity contribution in [2.75, 3.05) is 73.1 Å². The van der Waals surface area contributed by atoms with Crippen LogP contribution in [-0.4, -0.2) is 252 Å². The second-order valence-electron chi connectivity index (χ2n) is 25.3. The maximum absolute atomic E-state index is 14.2. The van der Waals surface area contributed by atoms with Gasteiger partial charge in [0.1, 0.15) is 67.6 Å². The smallest absolute Gasteiger partial charge is 0.243 e. The molecule has 0 bridgehead atoms. The largest absolute Gasteiger partial charge is 0.394 e. The monoisotopic (exact) mass is 1350 g/mol. The first kappa shape index (κ1) is 85.7. The second kappa shape index (κ2) is 50.1. The third-order valence-electron chi connectivity index (χ3n) is 16.2. The van der Waals surface area contributed by atoms with Gasteiger partial charge in [-0.05, 0) is 95.8 Å². The quantitative estimate of drug-likeness (QED) is 0.0267. The highest BCUT2D eigenvalue weighted by atomic mass is 16.7. The number of carbonyl (C=O) groups is 7. The van der Waals surface area contributed by atoms with Crippen molar-refractivity contribution in [3.63, 3.8) is 0 Å². The molecule has 0 aromatic carbocycles. The third kappa shape index (κ3) is 34.7. The summed E-state index contributed by atoms with van der Waals surface area (Å²) in [6.07, 6.45) is -3.82. The fourth-order valence-electron chi connectivity index (χ4n) is 10.5. The Morgan fingerprint density at radius 1 is 0.426 bits per heavy atom. The molecule has 3 aliphatic rings. The first-order valence-electron chi connectivity index (χ1n) is 34.1. The van der Waals surface area contributed by atoms with E-state index < -0.39 is 147 Å². The number of rotatable bonds is 47. The lowest BCUT2D eigenvalue weighted by Crippen LogP contribution is -2.64. The van der Waals surface area contributed by atoms with Gasteiger partial charge in [0.25, 0.3) is 0 Å². The number of hydrogen-bond acceptors (Lipinski definition) is 23. The number of methoxy groups -OCH3 is 1. The van der Waals surface area contributed by atoms with Gasteiger partial charge in [-0.15, -0.1) is 0 Å². The molecular formula is C64H119N7O23. The molecule has 0 aliphatic carbocycles. The summed E-state index contributed by atoms with van der Waals surface area (Å²) in [7, 11) is 1.47. The summed E-state index contributed by atoms with van der Waals surface area (Å²) < 4.78 is 39.0. The number of aliphatic hydroxyl groups excluding tert-OH is 9. The lowest BCUT2D eigenvalue weighted by Gasteiger charge is -2.42. The van der Waals surface area contributed by atoms with E-state index >= 15 is 0 Å². The van der Waals surface area contributed by atoms with Crippen LogP contribution in [0.4, 0.5) is 0 Å². The van der Waals surface area contributed by atoms with Gasteiger partial charge >= 0.3 is 0 Å². The van der Waals surface area contributed by atoms with Gasteiger partial charge in [0.15, 0.2) is 18.9 Å². The van der Waals surface area contributed by atoms with Gasteiger partial charge in [0.2, 0.25) is 41.4 Å². The van der Waals surface area contributed by atoms with E-state index in [4.69, 9.17) is 33.2 Å². The van der Waals surface area contributed by atoms with Crippen molar-refractivity contribution in [1.29, 1.82) is 0 Å². The Morgan fingerprint density at radius 2 is 0.787 bits per heavy atom. The SMILES string of the molecule is CC(C)C.COCNC(=O)CCCCCNC(=O)C(CCCCNC(=O)CCCCCO[C@@H]1OC(CO)[C@H](O)[C@H](O)C1NC(C)=O)NC(=O)C(CCCCNC(=O)CCCCCO[C@@H]1OC(CO)[C@H](O)[C@H](O)C1C)NC(=O)CCCCCO[C@@H]1OC(CO)[C@H](O)[C@H](O)C1C. The Bertz CT molecular complexity index is 2100. The summed E-state index contributed by atoms with van der Waals surface area (Å²) in [6.45, 7) is 11.2. The zero-order valence-corrected chi connectivity index (χ0v) is 56.8. The van der Waals surface area contributed by atoms with Gasteiger partial charge in [0.05, 0.1) is 32.0 Å². The van der Waals surface area contributed by atoms with E-state index in [-0.39, 0.29) is 95.9 Å². The molecule has 548 valence electrons. The average molecular weight is 1350 g/mol. The van der Waals surface area contributed by atoms with E-state index in [0.29, 0.717) is 109 Å². The van der Waals surface area contributed by atoms with Gasteiger partial charge in [0, 0.05) is 91.0 Å². The molecule has 3 heterocycles. The van der Waals surface area contributed by atoms with E-state index in [0.717, 1.165) is 5.92 Å². The van der Waals surface area contributed by atoms with Crippen LogP contribution < -0.4 is 37.2 Å². The average Bonchev–Trinajstić information content (AvgIpc) is 0.893. The van der Waals surface area contributed by atoms with Gasteiger partial charge < -0.3 is 116 Å². The van der Waals surface area contributed by atoms with Gasteiger partial charge in [-0.25, -0.2) is 0 Å². The molecule has 30 heteroatoms. The summed E-state index contributed by atoms with van der Waals surface area (Å²) in [6, 6.07) is -3.14. The maximum atomic E-state index is 14.2. The number of aliphatic hydroxyl groups is 9. The number of hydrogen-bond donors (Lipinski definition) is 16. The minimum absolute atomic E-state index is 0.0603. The normalized spacial score (nSPS) is 26.6. The highest BCUT2D eigenvalue weighted by Gasteiger charge is 2.46. The van der Waals surface area contributed by atoms with E-state index in [1.54, 1.807) is 13.8 Å². The molecule has 3 rings (SSSR count). The summed E-state index contributed by atoms with van der Waals surface area (Å²) in [4.78, 5) is 90.8. The van der Waals surface area contributed by atoms with Crippen LogP contribution in [0.5, 0.6) is 0 Å². The van der Waals surface area contributed by atoms with E-state index in [1.165, 1.54) is 14.0 Å². The molecule has 7 amide bonds. The first-order valence-corrected chi connectivity index (χ1v) is 34.1. The van der Waals surface area contributed by atoms with E-state index in [9.17, 15) is 79.5 Å². The number of carbonyl (C=O) groups excluding carboxylic acids is 7. The number of nitrogens with one attached hydrogen (secondary N) is 7. The van der Waals surface area contributed by atoms with Crippen molar-refractivity contribution in [2.24, 2.45) is 17.8 Å². The maximum Gasteiger partial charge on any atom is 0.243 e. The Kier molecular flexibility index (Phi) is 45.7. The second-order valence-corrected chi connectivity index (χ2v) is 25.3. The van der Waals surface area contributed by atoms with Crippen LogP contribution in [-0.2, 0) is 66.7 Å². The predicted molar refractivity (Wildman–Crippen MR) is 342 cm³/mol. The molecule has 0 radical (unpaired) electrons. The number of amides is 7. The Balaban J connectivity index is 0.00000729. The minimum Gasteiger partial charge on any atom is -0.394 e. The summed E-state index contributed by atoms with van der Waals surface area (Å²) in [5, 5.41) is 110. The van der Waals surface area contributed by atoms with Crippen molar-refractivity contribution in [3.05, 3.63) is 0 Å². The van der Waals surface area contributed by atoms with Gasteiger partial charge in [-0.3, -0.25) is 33.6 Å². The standard InChI is InChI=1S/C60H109N7O23.C4H10/c1-37-50(76)52(78)42(33-68)88-58(37)85-30-18-6-10-23-45(72)62-28-17-14-22-41(66-48(75)26-12-8-19-31-86-59-38(2)51(77)53(79)43(34-69)89-59)57(83)67-40(56(82)63-29-15-5-9-25-47(74)64-36-84-4)21-13-16-27-61-46(73)24-11-7-20-32-87-60-49(65-39(3)71)55(81)54(80)44(35-70)90-60;1-4(2)3/h37-38,40-44,49-55,58-60,68-70,76-81H,5-36H2,1-4H3,(H,61,73)(H,62,72)(H,63,82)(H,64,74)(H,65,71)(H,66,75)(H,67,83);4H,1-3H3/t37?,38?,40?,41?,42?,43?,44?,49?,50-,51-,52+,53+,54+,55-,58-,59-,60-;/m1./s1. The number of ether oxygens (including phenoxy) is 7. The summed E-state index contributed by atoms with van der Waals surface area (Å²) in [5.74, 6) is -2.68. The Morgan fingerprint density at radius 3 is 1.21 bits per heavy atom. The molecule has 3 aliphatic heterocycles. The molecule has 0 spiro atoms. The van der Waals surface area contributed by atoms with Crippen LogP contribution in [0.2, 0.25) is 0 Å².